The molecule has 0 radical (unpaired) electrons. The topological polar surface area (TPSA) is 181 Å². The SMILES string of the molecule is CC(=O)OC[C@H]1O[C@@H](n2cc(Cc3ccc(C/C=C/CN4CCCC5(CCN(C(=O)CNC(=O)OC(C)(C)C)CC5)C4)cc3)c3c(C)cccc32)[C@H](OC(C)=O)[C@@H](OC(C)=O)[C@@H]1OC(C)=O. The van der Waals surface area contributed by atoms with Crippen molar-refractivity contribution in [1.82, 2.24) is 19.7 Å². The third kappa shape index (κ3) is 13.2. The number of allylic oxidation sites excluding steroid dienone is 1. The molecule has 3 aromatic rings. The lowest BCUT2D eigenvalue weighted by Gasteiger charge is -2.47. The van der Waals surface area contributed by atoms with Gasteiger partial charge in [0.2, 0.25) is 5.91 Å². The highest BCUT2D eigenvalue weighted by molar-refractivity contribution is 5.88. The molecule has 16 heteroatoms. The molecule has 1 N–H and O–H groups in total. The second-order valence-electron chi connectivity index (χ2n) is 18.9. The minimum atomic E-state index is -1.29. The largest absolute Gasteiger partial charge is 0.463 e. The first-order valence-corrected chi connectivity index (χ1v) is 22.9. The molecule has 3 aliphatic rings. The van der Waals surface area contributed by atoms with E-state index in [4.69, 9.17) is 28.4 Å². The van der Waals surface area contributed by atoms with E-state index in [-0.39, 0.29) is 24.5 Å². The van der Waals surface area contributed by atoms with Crippen LogP contribution in [0.5, 0.6) is 0 Å². The number of nitrogens with zero attached hydrogens (tertiary/aromatic N) is 3. The molecule has 0 unspecified atom stereocenters. The number of benzene rings is 2. The number of aryl methyl sites for hydroxylation is 1. The molecule has 5 atom stereocenters. The summed E-state index contributed by atoms with van der Waals surface area (Å²) in [5, 5.41) is 3.57. The maximum absolute atomic E-state index is 12.8. The standard InChI is InChI=1S/C50H66N4O12/c1-32-13-11-15-40-43(32)39(29-54(40)47-46(64-36(5)58)45(63-35(4)57)44(62-34(3)56)41(65-47)30-61-33(2)55)27-38-18-16-37(17-19-38)14-9-10-23-52-24-12-20-50(31-52)21-25-53(26-22-50)42(59)28-51-48(60)66-49(6,7)8/h9-11,13,15-19,29,41,44-47H,12,14,20-28,30-31H2,1-8H3,(H,51,60)/b10-9+/t41-,44-,45+,46-,47-/m1/s1. The molecule has 358 valence electrons. The van der Waals surface area contributed by atoms with Gasteiger partial charge in [0, 0.05) is 65.5 Å². The second-order valence-corrected chi connectivity index (χ2v) is 18.9. The Morgan fingerprint density at radius 1 is 0.803 bits per heavy atom. The van der Waals surface area contributed by atoms with Gasteiger partial charge >= 0.3 is 30.0 Å². The molecule has 6 rings (SSSR count). The number of amides is 2. The van der Waals surface area contributed by atoms with Crippen LogP contribution in [-0.2, 0) is 65.2 Å². The summed E-state index contributed by atoms with van der Waals surface area (Å²) in [7, 11) is 0. The summed E-state index contributed by atoms with van der Waals surface area (Å²) in [6.45, 7) is 16.2. The van der Waals surface area contributed by atoms with Gasteiger partial charge in [0.25, 0.3) is 0 Å². The Morgan fingerprint density at radius 3 is 2.11 bits per heavy atom. The monoisotopic (exact) mass is 914 g/mol. The maximum Gasteiger partial charge on any atom is 0.408 e. The van der Waals surface area contributed by atoms with E-state index in [1.54, 1.807) is 20.8 Å². The van der Waals surface area contributed by atoms with Gasteiger partial charge < -0.3 is 43.2 Å². The molecule has 2 amide bonds. The summed E-state index contributed by atoms with van der Waals surface area (Å²) in [5.74, 6) is -2.71. The third-order valence-electron chi connectivity index (χ3n) is 12.4. The Morgan fingerprint density at radius 2 is 1.45 bits per heavy atom. The van der Waals surface area contributed by atoms with Crippen molar-refractivity contribution in [1.29, 1.82) is 0 Å². The van der Waals surface area contributed by atoms with Gasteiger partial charge in [-0.2, -0.15) is 0 Å². The van der Waals surface area contributed by atoms with E-state index in [2.05, 4.69) is 46.6 Å². The van der Waals surface area contributed by atoms with Crippen molar-refractivity contribution in [2.24, 2.45) is 5.41 Å². The van der Waals surface area contributed by atoms with E-state index < -0.39 is 66.2 Å². The van der Waals surface area contributed by atoms with Crippen molar-refractivity contribution < 1.29 is 57.2 Å². The number of hydrogen-bond acceptors (Lipinski definition) is 13. The van der Waals surface area contributed by atoms with Crippen molar-refractivity contribution in [3.8, 4) is 0 Å². The van der Waals surface area contributed by atoms with Crippen molar-refractivity contribution in [3.63, 3.8) is 0 Å². The number of fused-ring (bicyclic) bond motifs is 1. The smallest absolute Gasteiger partial charge is 0.408 e. The molecule has 3 fully saturated rings. The van der Waals surface area contributed by atoms with Gasteiger partial charge in [0.05, 0.1) is 5.52 Å². The van der Waals surface area contributed by atoms with E-state index >= 15 is 0 Å². The number of carbonyl (C=O) groups is 6. The number of likely N-dealkylation sites (tertiary alicyclic amines) is 2. The third-order valence-corrected chi connectivity index (χ3v) is 12.4. The van der Waals surface area contributed by atoms with E-state index in [0.717, 1.165) is 79.3 Å². The van der Waals surface area contributed by atoms with Gasteiger partial charge in [-0.1, -0.05) is 48.6 Å². The molecule has 0 saturated carbocycles. The lowest BCUT2D eigenvalue weighted by Crippen LogP contribution is -2.60. The first-order chi connectivity index (χ1) is 31.3. The highest BCUT2D eigenvalue weighted by Gasteiger charge is 2.53. The lowest BCUT2D eigenvalue weighted by molar-refractivity contribution is -0.267. The zero-order valence-corrected chi connectivity index (χ0v) is 39.6. The van der Waals surface area contributed by atoms with Crippen LogP contribution < -0.4 is 5.32 Å². The molecule has 1 spiro atoms. The summed E-state index contributed by atoms with van der Waals surface area (Å²) in [4.78, 5) is 78.6. The van der Waals surface area contributed by atoms with Crippen LogP contribution in [0.2, 0.25) is 0 Å². The van der Waals surface area contributed by atoms with Gasteiger partial charge in [-0.3, -0.25) is 28.9 Å². The molecule has 16 nitrogen and oxygen atoms in total. The molecule has 0 aliphatic carbocycles. The highest BCUT2D eigenvalue weighted by Crippen LogP contribution is 2.41. The summed E-state index contributed by atoms with van der Waals surface area (Å²) in [5.41, 5.74) is 4.61. The number of esters is 4. The first kappa shape index (κ1) is 49.7. The molecule has 3 saturated heterocycles. The van der Waals surface area contributed by atoms with Crippen molar-refractivity contribution in [3.05, 3.63) is 83.1 Å². The fraction of sp³-hybridized carbons (Fsp3) is 0.560. The number of hydrogen-bond donors (Lipinski definition) is 1. The Hall–Kier alpha value is -5.74. The highest BCUT2D eigenvalue weighted by atomic mass is 16.7. The second kappa shape index (κ2) is 21.7. The van der Waals surface area contributed by atoms with Gasteiger partial charge in [-0.05, 0) is 106 Å². The number of ether oxygens (including phenoxy) is 6. The first-order valence-electron chi connectivity index (χ1n) is 22.9. The molecule has 4 heterocycles. The zero-order chi connectivity index (χ0) is 47.8. The number of nitrogens with one attached hydrogen (secondary N) is 1. The fourth-order valence-electron chi connectivity index (χ4n) is 9.50. The molecular weight excluding hydrogens is 849 g/mol. The Kier molecular flexibility index (Phi) is 16.3. The van der Waals surface area contributed by atoms with E-state index in [0.29, 0.717) is 19.5 Å². The van der Waals surface area contributed by atoms with E-state index in [9.17, 15) is 28.8 Å². The van der Waals surface area contributed by atoms with Gasteiger partial charge in [0.15, 0.2) is 24.5 Å². The minimum absolute atomic E-state index is 0.0595. The van der Waals surface area contributed by atoms with Crippen molar-refractivity contribution >= 4 is 46.8 Å². The normalized spacial score (nSPS) is 22.2. The van der Waals surface area contributed by atoms with Crippen LogP contribution in [-0.4, -0.2) is 126 Å². The average Bonchev–Trinajstić information content (AvgIpc) is 3.61. The van der Waals surface area contributed by atoms with Crippen LogP contribution in [0.3, 0.4) is 0 Å². The molecule has 3 aliphatic heterocycles. The van der Waals surface area contributed by atoms with Crippen LogP contribution >= 0.6 is 0 Å². The van der Waals surface area contributed by atoms with Crippen LogP contribution in [0.15, 0.2) is 60.8 Å². The van der Waals surface area contributed by atoms with Crippen LogP contribution in [0.25, 0.3) is 10.9 Å². The molecule has 0 bridgehead atoms. The van der Waals surface area contributed by atoms with E-state index in [1.807, 2.05) is 40.8 Å². The predicted molar refractivity (Wildman–Crippen MR) is 244 cm³/mol. The molecule has 2 aromatic carbocycles. The quantitative estimate of drug-likeness (QED) is 0.111. The summed E-state index contributed by atoms with van der Waals surface area (Å²) in [6, 6.07) is 14.4. The molecular formula is C50H66N4O12. The number of rotatable bonds is 14. The van der Waals surface area contributed by atoms with Crippen molar-refractivity contribution in [2.75, 3.05) is 45.9 Å². The summed E-state index contributed by atoms with van der Waals surface area (Å²) >= 11 is 0. The van der Waals surface area contributed by atoms with Gasteiger partial charge in [0.1, 0.15) is 24.9 Å². The average molecular weight is 915 g/mol. The number of alkyl carbamates (subject to hydrolysis) is 1. The minimum Gasteiger partial charge on any atom is -0.463 e. The maximum atomic E-state index is 12.8. The van der Waals surface area contributed by atoms with Crippen LogP contribution in [0.4, 0.5) is 4.79 Å². The Bertz CT molecular complexity index is 2250. The summed E-state index contributed by atoms with van der Waals surface area (Å²) in [6.07, 6.45) is 5.45. The van der Waals surface area contributed by atoms with Crippen molar-refractivity contribution in [2.45, 2.75) is 130 Å². The molecule has 66 heavy (non-hydrogen) atoms. The predicted octanol–water partition coefficient (Wildman–Crippen LogP) is 6.12. The summed E-state index contributed by atoms with van der Waals surface area (Å²) < 4.78 is 36.1. The Labute approximate surface area is 387 Å². The number of aromatic nitrogens is 1. The van der Waals surface area contributed by atoms with Crippen LogP contribution in [0.1, 0.15) is 103 Å². The number of carbonyl (C=O) groups excluding carboxylic acids is 6. The van der Waals surface area contributed by atoms with Gasteiger partial charge in [-0.15, -0.1) is 0 Å². The number of piperidine rings is 2. The lowest BCUT2D eigenvalue weighted by atomic mass is 9.72. The van der Waals surface area contributed by atoms with Crippen LogP contribution in [0, 0.1) is 12.3 Å². The molecule has 1 aromatic heterocycles. The van der Waals surface area contributed by atoms with Gasteiger partial charge in [-0.25, -0.2) is 4.79 Å². The fourth-order valence-corrected chi connectivity index (χ4v) is 9.50. The van der Waals surface area contributed by atoms with E-state index in [1.165, 1.54) is 33.3 Å². The Balaban J connectivity index is 1.10. The zero-order valence-electron chi connectivity index (χ0n) is 39.6.